The third kappa shape index (κ3) is 2.54. The molecule has 2 heteroatoms. The fourth-order valence-corrected chi connectivity index (χ4v) is 3.18. The van der Waals surface area contributed by atoms with Gasteiger partial charge in [0.05, 0.1) is 5.60 Å². The first-order valence-corrected chi connectivity index (χ1v) is 6.56. The highest BCUT2D eigenvalue weighted by atomic mass is 16.3. The molecular formula is C13H25NO. The minimum atomic E-state index is -0.383. The molecular weight excluding hydrogens is 186 g/mol. The summed E-state index contributed by atoms with van der Waals surface area (Å²) in [6, 6.07) is 0.643. The van der Waals surface area contributed by atoms with Crippen molar-refractivity contribution >= 4 is 0 Å². The Labute approximate surface area is 93.5 Å². The van der Waals surface area contributed by atoms with Gasteiger partial charge < -0.3 is 10.4 Å². The van der Waals surface area contributed by atoms with Crippen LogP contribution in [0.15, 0.2) is 0 Å². The maximum absolute atomic E-state index is 10.2. The summed E-state index contributed by atoms with van der Waals surface area (Å²) in [6.07, 6.45) is 7.03. The minimum absolute atomic E-state index is 0.383. The van der Waals surface area contributed by atoms with Gasteiger partial charge in [-0.25, -0.2) is 0 Å². The second-order valence-electron chi connectivity index (χ2n) is 5.83. The van der Waals surface area contributed by atoms with Crippen LogP contribution in [0.25, 0.3) is 0 Å². The zero-order valence-electron chi connectivity index (χ0n) is 10.1. The molecule has 2 aliphatic rings. The lowest BCUT2D eigenvalue weighted by Crippen LogP contribution is -2.44. The number of rotatable bonds is 3. The smallest absolute Gasteiger partial charge is 0.0771 e. The number of aliphatic hydroxyl groups is 1. The van der Waals surface area contributed by atoms with E-state index in [1.54, 1.807) is 0 Å². The Kier molecular flexibility index (Phi) is 3.36. The molecule has 0 amide bonds. The first-order chi connectivity index (χ1) is 7.11. The molecule has 0 bridgehead atoms. The van der Waals surface area contributed by atoms with E-state index >= 15 is 0 Å². The zero-order chi connectivity index (χ0) is 10.9. The summed E-state index contributed by atoms with van der Waals surface area (Å²) in [6.45, 7) is 5.50. The maximum atomic E-state index is 10.2. The lowest BCUT2D eigenvalue weighted by molar-refractivity contribution is 0.0434. The Morgan fingerprint density at radius 3 is 2.40 bits per heavy atom. The third-order valence-corrected chi connectivity index (χ3v) is 4.69. The Balaban J connectivity index is 1.78. The third-order valence-electron chi connectivity index (χ3n) is 4.69. The van der Waals surface area contributed by atoms with Crippen LogP contribution in [-0.2, 0) is 0 Å². The molecule has 2 rings (SSSR count). The van der Waals surface area contributed by atoms with E-state index < -0.39 is 0 Å². The maximum Gasteiger partial charge on any atom is 0.0771 e. The molecule has 0 aromatic carbocycles. The van der Waals surface area contributed by atoms with Crippen molar-refractivity contribution in [3.05, 3.63) is 0 Å². The molecule has 2 N–H and O–H groups in total. The fraction of sp³-hybridized carbons (Fsp3) is 1.00. The fourth-order valence-electron chi connectivity index (χ4n) is 3.18. The summed E-state index contributed by atoms with van der Waals surface area (Å²) in [5.41, 5.74) is -0.383. The molecule has 2 fully saturated rings. The summed E-state index contributed by atoms with van der Waals surface area (Å²) in [7, 11) is 0. The average Bonchev–Trinajstić information content (AvgIpc) is 2.75. The number of nitrogens with one attached hydrogen (secondary N) is 1. The highest BCUT2D eigenvalue weighted by molar-refractivity contribution is 4.91. The standard InChI is InChI=1S/C13H25NO/c1-10-5-6-12(11(10)2)14-9-13(15)7-3-4-8-13/h10-12,14-15H,3-9H2,1-2H3. The second kappa shape index (κ2) is 4.42. The van der Waals surface area contributed by atoms with Crippen molar-refractivity contribution in [3.8, 4) is 0 Å². The van der Waals surface area contributed by atoms with Crippen molar-refractivity contribution in [2.24, 2.45) is 11.8 Å². The lowest BCUT2D eigenvalue weighted by Gasteiger charge is -2.27. The van der Waals surface area contributed by atoms with Crippen LogP contribution in [0.5, 0.6) is 0 Å². The van der Waals surface area contributed by atoms with Gasteiger partial charge in [0.25, 0.3) is 0 Å². The molecule has 0 saturated heterocycles. The molecule has 3 unspecified atom stereocenters. The Bertz CT molecular complexity index is 211. The van der Waals surface area contributed by atoms with E-state index in [0.717, 1.165) is 31.2 Å². The van der Waals surface area contributed by atoms with Gasteiger partial charge in [-0.05, 0) is 37.5 Å². The average molecular weight is 211 g/mol. The van der Waals surface area contributed by atoms with Crippen LogP contribution in [0.4, 0.5) is 0 Å². The van der Waals surface area contributed by atoms with Gasteiger partial charge in [0.1, 0.15) is 0 Å². The summed E-state index contributed by atoms with van der Waals surface area (Å²) in [4.78, 5) is 0. The summed E-state index contributed by atoms with van der Waals surface area (Å²) < 4.78 is 0. The van der Waals surface area contributed by atoms with Crippen molar-refractivity contribution in [2.75, 3.05) is 6.54 Å². The predicted octanol–water partition coefficient (Wildman–Crippen LogP) is 2.32. The van der Waals surface area contributed by atoms with Crippen LogP contribution < -0.4 is 5.32 Å². The quantitative estimate of drug-likeness (QED) is 0.751. The van der Waals surface area contributed by atoms with E-state index in [-0.39, 0.29) is 5.60 Å². The summed E-state index contributed by atoms with van der Waals surface area (Å²) in [5.74, 6) is 1.62. The molecule has 15 heavy (non-hydrogen) atoms. The van der Waals surface area contributed by atoms with Gasteiger partial charge in [0, 0.05) is 12.6 Å². The van der Waals surface area contributed by atoms with Crippen LogP contribution in [-0.4, -0.2) is 23.3 Å². The summed E-state index contributed by atoms with van der Waals surface area (Å²) >= 11 is 0. The first kappa shape index (κ1) is 11.4. The molecule has 88 valence electrons. The molecule has 0 aromatic heterocycles. The Hall–Kier alpha value is -0.0800. The van der Waals surface area contributed by atoms with E-state index in [4.69, 9.17) is 0 Å². The molecule has 2 aliphatic carbocycles. The van der Waals surface area contributed by atoms with E-state index in [0.29, 0.717) is 6.04 Å². The van der Waals surface area contributed by atoms with Crippen molar-refractivity contribution in [2.45, 2.75) is 64.0 Å². The van der Waals surface area contributed by atoms with Crippen molar-refractivity contribution in [1.82, 2.24) is 5.32 Å². The molecule has 0 aromatic rings. The summed E-state index contributed by atoms with van der Waals surface area (Å²) in [5, 5.41) is 13.8. The molecule has 0 aliphatic heterocycles. The second-order valence-corrected chi connectivity index (χ2v) is 5.83. The van der Waals surface area contributed by atoms with Crippen molar-refractivity contribution in [3.63, 3.8) is 0 Å². The molecule has 0 radical (unpaired) electrons. The molecule has 0 heterocycles. The van der Waals surface area contributed by atoms with Gasteiger partial charge in [0.2, 0.25) is 0 Å². The van der Waals surface area contributed by atoms with E-state index in [1.165, 1.54) is 25.7 Å². The normalized spacial score (nSPS) is 39.8. The van der Waals surface area contributed by atoms with Crippen LogP contribution >= 0.6 is 0 Å². The van der Waals surface area contributed by atoms with Gasteiger partial charge >= 0.3 is 0 Å². The van der Waals surface area contributed by atoms with Crippen LogP contribution in [0.2, 0.25) is 0 Å². The lowest BCUT2D eigenvalue weighted by atomic mass is 9.96. The van der Waals surface area contributed by atoms with Gasteiger partial charge in [-0.15, -0.1) is 0 Å². The van der Waals surface area contributed by atoms with Crippen molar-refractivity contribution < 1.29 is 5.11 Å². The monoisotopic (exact) mass is 211 g/mol. The SMILES string of the molecule is CC1CCC(NCC2(O)CCCC2)C1C. The predicted molar refractivity (Wildman–Crippen MR) is 62.8 cm³/mol. The van der Waals surface area contributed by atoms with Crippen LogP contribution in [0, 0.1) is 11.8 Å². The van der Waals surface area contributed by atoms with Gasteiger partial charge in [-0.1, -0.05) is 26.7 Å². The first-order valence-electron chi connectivity index (χ1n) is 6.56. The van der Waals surface area contributed by atoms with Crippen LogP contribution in [0.3, 0.4) is 0 Å². The van der Waals surface area contributed by atoms with E-state index in [1.807, 2.05) is 0 Å². The molecule has 0 spiro atoms. The van der Waals surface area contributed by atoms with Gasteiger partial charge in [-0.2, -0.15) is 0 Å². The minimum Gasteiger partial charge on any atom is -0.389 e. The largest absolute Gasteiger partial charge is 0.389 e. The Morgan fingerprint density at radius 1 is 1.20 bits per heavy atom. The zero-order valence-corrected chi connectivity index (χ0v) is 10.1. The molecule has 3 atom stereocenters. The number of hydrogen-bond acceptors (Lipinski definition) is 2. The van der Waals surface area contributed by atoms with E-state index in [9.17, 15) is 5.11 Å². The van der Waals surface area contributed by atoms with Crippen LogP contribution in [0.1, 0.15) is 52.4 Å². The van der Waals surface area contributed by atoms with Gasteiger partial charge in [-0.3, -0.25) is 0 Å². The van der Waals surface area contributed by atoms with E-state index in [2.05, 4.69) is 19.2 Å². The Morgan fingerprint density at radius 2 is 1.87 bits per heavy atom. The van der Waals surface area contributed by atoms with Crippen molar-refractivity contribution in [1.29, 1.82) is 0 Å². The van der Waals surface area contributed by atoms with Gasteiger partial charge in [0.15, 0.2) is 0 Å². The highest BCUT2D eigenvalue weighted by Crippen LogP contribution is 2.33. The number of hydrogen-bond donors (Lipinski definition) is 2. The molecule has 2 nitrogen and oxygen atoms in total. The highest BCUT2D eigenvalue weighted by Gasteiger charge is 2.34. The molecule has 2 saturated carbocycles. The topological polar surface area (TPSA) is 32.3 Å².